The zero-order valence-corrected chi connectivity index (χ0v) is 17.0. The smallest absolute Gasteiger partial charge is 0.335 e. The molecule has 0 aliphatic heterocycles. The number of aldehydes is 1. The summed E-state index contributed by atoms with van der Waals surface area (Å²) >= 11 is 0. The van der Waals surface area contributed by atoms with E-state index in [2.05, 4.69) is 13.0 Å². The molecule has 0 unspecified atom stereocenters. The van der Waals surface area contributed by atoms with Gasteiger partial charge in [-0.1, -0.05) is 18.6 Å². The van der Waals surface area contributed by atoms with Crippen LogP contribution in [0, 0.1) is 22.7 Å². The fourth-order valence-corrected chi connectivity index (χ4v) is 7.59. The van der Waals surface area contributed by atoms with Crippen molar-refractivity contribution in [3.63, 3.8) is 0 Å². The molecule has 1 heterocycles. The van der Waals surface area contributed by atoms with Crippen molar-refractivity contribution in [3.8, 4) is 0 Å². The van der Waals surface area contributed by atoms with Gasteiger partial charge in [0.2, 0.25) is 0 Å². The first-order valence-corrected chi connectivity index (χ1v) is 11.0. The largest absolute Gasteiger partial charge is 0.431 e. The Hall–Kier alpha value is -1.72. The standard InChI is InChI=1S/C24H30O5/c1-22-9-8-20-17(7-11-24(28)12-16(26)6-10-23(20,24)14-25)19(22)4-3-18(22)15-2-5-21(27)29-13-15/h2,4-5,13-14,16-18,20,26,28H,3,6-12H2,1H3/t16-,17+,18-,20-,22+,23-,24-/m0/s1. The van der Waals surface area contributed by atoms with Crippen LogP contribution in [-0.2, 0) is 4.79 Å². The highest BCUT2D eigenvalue weighted by Gasteiger charge is 2.65. The Kier molecular flexibility index (Phi) is 4.24. The summed E-state index contributed by atoms with van der Waals surface area (Å²) < 4.78 is 5.15. The third kappa shape index (κ3) is 2.53. The second-order valence-corrected chi connectivity index (χ2v) is 10.1. The molecular formula is C24H30O5. The van der Waals surface area contributed by atoms with Gasteiger partial charge in [-0.15, -0.1) is 0 Å². The second-order valence-electron chi connectivity index (χ2n) is 10.1. The van der Waals surface area contributed by atoms with Crippen molar-refractivity contribution < 1.29 is 19.4 Å². The molecule has 0 spiro atoms. The summed E-state index contributed by atoms with van der Waals surface area (Å²) in [6.07, 6.45) is 10.2. The molecule has 1 aromatic rings. The average molecular weight is 398 g/mol. The topological polar surface area (TPSA) is 87.7 Å². The Balaban J connectivity index is 1.49. The van der Waals surface area contributed by atoms with Crippen molar-refractivity contribution >= 4 is 6.29 Å². The van der Waals surface area contributed by atoms with E-state index in [9.17, 15) is 19.8 Å². The highest BCUT2D eigenvalue weighted by molar-refractivity contribution is 5.64. The van der Waals surface area contributed by atoms with Gasteiger partial charge in [-0.2, -0.15) is 0 Å². The Bertz CT molecular complexity index is 898. The fraction of sp³-hybridized carbons (Fsp3) is 0.667. The van der Waals surface area contributed by atoms with Crippen LogP contribution in [0.5, 0.6) is 0 Å². The van der Waals surface area contributed by atoms with Crippen LogP contribution in [0.25, 0.3) is 0 Å². The maximum atomic E-state index is 12.5. The monoisotopic (exact) mass is 398 g/mol. The van der Waals surface area contributed by atoms with E-state index >= 15 is 0 Å². The number of carbonyl (C=O) groups excluding carboxylic acids is 1. The quantitative estimate of drug-likeness (QED) is 0.589. The molecule has 5 rings (SSSR count). The van der Waals surface area contributed by atoms with Crippen molar-refractivity contribution in [2.75, 3.05) is 0 Å². The molecule has 5 nitrogen and oxygen atoms in total. The third-order valence-electron chi connectivity index (χ3n) is 9.06. The number of fused-ring (bicyclic) bond motifs is 5. The van der Waals surface area contributed by atoms with E-state index in [1.807, 2.05) is 6.07 Å². The van der Waals surface area contributed by atoms with E-state index in [-0.39, 0.29) is 22.9 Å². The molecule has 0 aromatic carbocycles. The number of rotatable bonds is 2. The first kappa shape index (κ1) is 19.3. The van der Waals surface area contributed by atoms with Gasteiger partial charge >= 0.3 is 5.63 Å². The van der Waals surface area contributed by atoms with Crippen molar-refractivity contribution in [1.29, 1.82) is 0 Å². The van der Waals surface area contributed by atoms with Crippen LogP contribution < -0.4 is 5.63 Å². The highest BCUT2D eigenvalue weighted by Crippen LogP contribution is 2.67. The van der Waals surface area contributed by atoms with Crippen molar-refractivity contribution in [3.05, 3.63) is 46.0 Å². The lowest BCUT2D eigenvalue weighted by atomic mass is 9.44. The van der Waals surface area contributed by atoms with E-state index < -0.39 is 17.1 Å². The van der Waals surface area contributed by atoms with Gasteiger partial charge in [0.25, 0.3) is 0 Å². The van der Waals surface area contributed by atoms with Gasteiger partial charge in [-0.05, 0) is 79.7 Å². The van der Waals surface area contributed by atoms with Gasteiger partial charge in [0, 0.05) is 12.5 Å². The van der Waals surface area contributed by atoms with Gasteiger partial charge in [-0.25, -0.2) is 4.79 Å². The Morgan fingerprint density at radius 1 is 1.17 bits per heavy atom. The lowest BCUT2D eigenvalue weighted by Gasteiger charge is -2.61. The van der Waals surface area contributed by atoms with Gasteiger partial charge in [0.05, 0.1) is 23.4 Å². The van der Waals surface area contributed by atoms with Crippen molar-refractivity contribution in [2.24, 2.45) is 22.7 Å². The van der Waals surface area contributed by atoms with Crippen LogP contribution in [0.4, 0.5) is 0 Å². The summed E-state index contributed by atoms with van der Waals surface area (Å²) in [5.41, 5.74) is 0.342. The van der Waals surface area contributed by atoms with E-state index in [0.717, 1.165) is 37.5 Å². The molecule has 5 heteroatoms. The Morgan fingerprint density at radius 3 is 2.72 bits per heavy atom. The van der Waals surface area contributed by atoms with Gasteiger partial charge in [0.15, 0.2) is 0 Å². The molecule has 7 atom stereocenters. The number of aliphatic hydroxyl groups is 2. The van der Waals surface area contributed by atoms with E-state index in [4.69, 9.17) is 4.42 Å². The lowest BCUT2D eigenvalue weighted by molar-refractivity contribution is -0.200. The summed E-state index contributed by atoms with van der Waals surface area (Å²) in [4.78, 5) is 23.9. The van der Waals surface area contributed by atoms with Crippen molar-refractivity contribution in [1.82, 2.24) is 0 Å². The molecule has 29 heavy (non-hydrogen) atoms. The molecule has 0 bridgehead atoms. The Labute approximate surface area is 170 Å². The molecule has 2 N–H and O–H groups in total. The summed E-state index contributed by atoms with van der Waals surface area (Å²) in [6.45, 7) is 2.32. The molecular weight excluding hydrogens is 368 g/mol. The predicted molar refractivity (Wildman–Crippen MR) is 107 cm³/mol. The van der Waals surface area contributed by atoms with E-state index in [1.54, 1.807) is 6.26 Å². The predicted octanol–water partition coefficient (Wildman–Crippen LogP) is 3.34. The SMILES string of the molecule is C[C@]12CC[C@H]3[C@H](CC[C@]4(O)C[C@@H](O)CC[C@]34C=O)C1=CC[C@H]2c1ccc(=O)oc1. The van der Waals surface area contributed by atoms with Crippen LogP contribution >= 0.6 is 0 Å². The molecule has 0 saturated heterocycles. The number of hydrogen-bond donors (Lipinski definition) is 2. The number of allylic oxidation sites excluding steroid dienone is 2. The molecule has 0 amide bonds. The van der Waals surface area contributed by atoms with Gasteiger partial charge in [0.1, 0.15) is 6.29 Å². The molecule has 156 valence electrons. The maximum absolute atomic E-state index is 12.5. The Morgan fingerprint density at radius 2 is 2.00 bits per heavy atom. The zero-order chi connectivity index (χ0) is 20.4. The third-order valence-corrected chi connectivity index (χ3v) is 9.06. The van der Waals surface area contributed by atoms with Crippen LogP contribution in [0.3, 0.4) is 0 Å². The van der Waals surface area contributed by atoms with E-state index in [1.165, 1.54) is 11.6 Å². The number of hydrogen-bond acceptors (Lipinski definition) is 5. The summed E-state index contributed by atoms with van der Waals surface area (Å²) in [7, 11) is 0. The molecule has 4 aliphatic rings. The van der Waals surface area contributed by atoms with Crippen LogP contribution in [-0.4, -0.2) is 28.2 Å². The zero-order valence-electron chi connectivity index (χ0n) is 17.0. The molecule has 3 fully saturated rings. The molecule has 0 radical (unpaired) electrons. The summed E-state index contributed by atoms with van der Waals surface area (Å²) in [6, 6.07) is 3.39. The van der Waals surface area contributed by atoms with Crippen LogP contribution in [0.2, 0.25) is 0 Å². The van der Waals surface area contributed by atoms with Gasteiger partial charge in [-0.3, -0.25) is 0 Å². The molecule has 3 saturated carbocycles. The minimum Gasteiger partial charge on any atom is -0.431 e. The van der Waals surface area contributed by atoms with Crippen molar-refractivity contribution in [2.45, 2.75) is 75.9 Å². The van der Waals surface area contributed by atoms with E-state index in [0.29, 0.717) is 31.6 Å². The fourth-order valence-electron chi connectivity index (χ4n) is 7.59. The summed E-state index contributed by atoms with van der Waals surface area (Å²) in [5.74, 6) is 0.720. The highest BCUT2D eigenvalue weighted by atomic mass is 16.4. The minimum absolute atomic E-state index is 0.00516. The minimum atomic E-state index is -1.08. The number of carbonyl (C=O) groups is 1. The second kappa shape index (κ2) is 6.39. The summed E-state index contributed by atoms with van der Waals surface area (Å²) in [5, 5.41) is 21.6. The normalized spacial score (nSPS) is 46.2. The lowest BCUT2D eigenvalue weighted by Crippen LogP contribution is -2.64. The first-order chi connectivity index (χ1) is 13.8. The van der Waals surface area contributed by atoms with Crippen LogP contribution in [0.1, 0.15) is 69.8 Å². The van der Waals surface area contributed by atoms with Gasteiger partial charge < -0.3 is 19.4 Å². The molecule has 4 aliphatic carbocycles. The average Bonchev–Trinajstić information content (AvgIpc) is 3.05. The van der Waals surface area contributed by atoms with Crippen LogP contribution in [0.15, 0.2) is 39.3 Å². The first-order valence-electron chi connectivity index (χ1n) is 11.0. The maximum Gasteiger partial charge on any atom is 0.335 e. The number of aliphatic hydroxyl groups excluding tert-OH is 1. The molecule has 1 aromatic heterocycles.